The van der Waals surface area contributed by atoms with E-state index < -0.39 is 4.92 Å². The minimum absolute atomic E-state index is 0.105. The van der Waals surface area contributed by atoms with Crippen LogP contribution in [0, 0.1) is 24.0 Å². The van der Waals surface area contributed by atoms with Crippen molar-refractivity contribution in [3.63, 3.8) is 0 Å². The maximum atomic E-state index is 11.6. The summed E-state index contributed by atoms with van der Waals surface area (Å²) in [4.78, 5) is 21.5. The van der Waals surface area contributed by atoms with Crippen molar-refractivity contribution in [2.45, 2.75) is 13.8 Å². The van der Waals surface area contributed by atoms with E-state index in [9.17, 15) is 10.1 Å². The highest BCUT2D eigenvalue weighted by atomic mass is 16.6. The summed E-state index contributed by atoms with van der Waals surface area (Å²) in [7, 11) is 1.75. The quantitative estimate of drug-likeness (QED) is 0.539. The van der Waals surface area contributed by atoms with Crippen LogP contribution in [0.5, 0.6) is 0 Å². The fraction of sp³-hybridized carbons (Fsp3) is 0.158. The van der Waals surface area contributed by atoms with E-state index in [1.54, 1.807) is 18.9 Å². The van der Waals surface area contributed by atoms with Crippen LogP contribution in [0.25, 0.3) is 0 Å². The van der Waals surface area contributed by atoms with Crippen molar-refractivity contribution < 1.29 is 4.92 Å². The SMILES string of the molecule is Cc1cccc(Nc2nc(C)c([N+](=O)[O-])c(N(C)c3ccccc3)n2)c1. The van der Waals surface area contributed by atoms with Gasteiger partial charge in [-0.3, -0.25) is 10.1 Å². The van der Waals surface area contributed by atoms with Crippen LogP contribution in [0.2, 0.25) is 0 Å². The van der Waals surface area contributed by atoms with Crippen molar-refractivity contribution in [2.24, 2.45) is 0 Å². The molecule has 7 heteroatoms. The van der Waals surface area contributed by atoms with Gasteiger partial charge in [0.25, 0.3) is 0 Å². The molecular weight excluding hydrogens is 330 g/mol. The molecule has 0 saturated heterocycles. The van der Waals surface area contributed by atoms with E-state index in [1.165, 1.54) is 0 Å². The lowest BCUT2D eigenvalue weighted by atomic mass is 10.2. The van der Waals surface area contributed by atoms with Crippen LogP contribution in [0.1, 0.15) is 11.3 Å². The molecule has 1 heterocycles. The van der Waals surface area contributed by atoms with Crippen LogP contribution >= 0.6 is 0 Å². The van der Waals surface area contributed by atoms with Crippen molar-refractivity contribution >= 4 is 28.8 Å². The minimum atomic E-state index is -0.444. The van der Waals surface area contributed by atoms with Gasteiger partial charge in [0.15, 0.2) is 0 Å². The average Bonchev–Trinajstić information content (AvgIpc) is 2.61. The Morgan fingerprint density at radius 3 is 2.42 bits per heavy atom. The largest absolute Gasteiger partial charge is 0.333 e. The molecule has 0 unspecified atom stereocenters. The summed E-state index contributed by atoms with van der Waals surface area (Å²) in [5.41, 5.74) is 2.92. The number of para-hydroxylation sites is 1. The van der Waals surface area contributed by atoms with Gasteiger partial charge in [-0.05, 0) is 43.7 Å². The number of aromatic nitrogens is 2. The summed E-state index contributed by atoms with van der Waals surface area (Å²) < 4.78 is 0. The van der Waals surface area contributed by atoms with Crippen molar-refractivity contribution in [2.75, 3.05) is 17.3 Å². The second-order valence-electron chi connectivity index (χ2n) is 5.95. The van der Waals surface area contributed by atoms with Crippen molar-refractivity contribution in [1.82, 2.24) is 9.97 Å². The van der Waals surface area contributed by atoms with E-state index in [-0.39, 0.29) is 11.5 Å². The maximum Gasteiger partial charge on any atom is 0.333 e. The van der Waals surface area contributed by atoms with Crippen LogP contribution in [0.3, 0.4) is 0 Å². The standard InChI is InChI=1S/C19H19N5O2/c1-13-8-7-9-15(12-13)21-19-20-14(2)17(24(25)26)18(22-19)23(3)16-10-5-4-6-11-16/h4-12H,1-3H3,(H,20,21,22). The van der Waals surface area contributed by atoms with E-state index in [0.717, 1.165) is 16.9 Å². The second-order valence-corrected chi connectivity index (χ2v) is 5.95. The molecule has 2 aromatic carbocycles. The Morgan fingerprint density at radius 2 is 1.77 bits per heavy atom. The van der Waals surface area contributed by atoms with Gasteiger partial charge in [0.2, 0.25) is 11.8 Å². The van der Waals surface area contributed by atoms with E-state index >= 15 is 0 Å². The number of nitro groups is 1. The van der Waals surface area contributed by atoms with E-state index in [1.807, 2.05) is 61.5 Å². The summed E-state index contributed by atoms with van der Waals surface area (Å²) in [6.45, 7) is 3.60. The van der Waals surface area contributed by atoms with Gasteiger partial charge in [-0.15, -0.1) is 0 Å². The first-order chi connectivity index (χ1) is 12.5. The second kappa shape index (κ2) is 7.18. The van der Waals surface area contributed by atoms with Crippen molar-refractivity contribution in [3.05, 3.63) is 76.0 Å². The molecule has 0 saturated carbocycles. The average molecular weight is 349 g/mol. The number of nitrogens with one attached hydrogen (secondary N) is 1. The van der Waals surface area contributed by atoms with Gasteiger partial charge in [-0.1, -0.05) is 30.3 Å². The predicted molar refractivity (Wildman–Crippen MR) is 102 cm³/mol. The highest BCUT2D eigenvalue weighted by molar-refractivity contribution is 5.71. The molecule has 0 aliphatic rings. The van der Waals surface area contributed by atoms with Crippen LogP contribution in [0.4, 0.5) is 28.8 Å². The summed E-state index contributed by atoms with van der Waals surface area (Å²) in [5.74, 6) is 0.556. The number of hydrogen-bond donors (Lipinski definition) is 1. The molecule has 0 atom stereocenters. The molecule has 0 aliphatic carbocycles. The Hall–Kier alpha value is -3.48. The first kappa shape index (κ1) is 17.3. The number of nitrogens with zero attached hydrogens (tertiary/aromatic N) is 4. The van der Waals surface area contributed by atoms with Crippen LogP contribution in [-0.4, -0.2) is 21.9 Å². The molecule has 0 aliphatic heterocycles. The third-order valence-corrected chi connectivity index (χ3v) is 3.96. The molecule has 3 aromatic rings. The van der Waals surface area contributed by atoms with Gasteiger partial charge in [-0.2, -0.15) is 4.98 Å². The zero-order valence-electron chi connectivity index (χ0n) is 14.8. The van der Waals surface area contributed by atoms with Crippen molar-refractivity contribution in [1.29, 1.82) is 0 Å². The highest BCUT2D eigenvalue weighted by Gasteiger charge is 2.25. The lowest BCUT2D eigenvalue weighted by Gasteiger charge is -2.19. The molecule has 1 aromatic heterocycles. The van der Waals surface area contributed by atoms with Crippen LogP contribution in [-0.2, 0) is 0 Å². The Kier molecular flexibility index (Phi) is 4.79. The monoisotopic (exact) mass is 349 g/mol. The molecular formula is C19H19N5O2. The molecule has 0 spiro atoms. The summed E-state index contributed by atoms with van der Waals surface area (Å²) in [6, 6.07) is 17.1. The molecule has 7 nitrogen and oxygen atoms in total. The molecule has 132 valence electrons. The maximum absolute atomic E-state index is 11.6. The van der Waals surface area contributed by atoms with E-state index in [0.29, 0.717) is 11.6 Å². The van der Waals surface area contributed by atoms with E-state index in [2.05, 4.69) is 15.3 Å². The number of hydrogen-bond acceptors (Lipinski definition) is 6. The Labute approximate surface area is 151 Å². The normalized spacial score (nSPS) is 10.4. The Morgan fingerprint density at radius 1 is 1.04 bits per heavy atom. The third-order valence-electron chi connectivity index (χ3n) is 3.96. The van der Waals surface area contributed by atoms with Gasteiger partial charge in [-0.25, -0.2) is 4.98 Å². The fourth-order valence-electron chi connectivity index (χ4n) is 2.68. The lowest BCUT2D eigenvalue weighted by molar-refractivity contribution is -0.385. The number of rotatable bonds is 5. The molecule has 0 bridgehead atoms. The zero-order valence-corrected chi connectivity index (χ0v) is 14.8. The lowest BCUT2D eigenvalue weighted by Crippen LogP contribution is -2.16. The molecule has 0 fully saturated rings. The Bertz CT molecular complexity index is 944. The van der Waals surface area contributed by atoms with Gasteiger partial charge in [0.1, 0.15) is 5.69 Å². The van der Waals surface area contributed by atoms with Crippen molar-refractivity contribution in [3.8, 4) is 0 Å². The topological polar surface area (TPSA) is 84.2 Å². The smallest absolute Gasteiger partial charge is 0.324 e. The minimum Gasteiger partial charge on any atom is -0.324 e. The number of anilines is 4. The Balaban J connectivity index is 2.06. The zero-order chi connectivity index (χ0) is 18.7. The summed E-state index contributed by atoms with van der Waals surface area (Å²) in [5, 5.41) is 14.7. The summed E-state index contributed by atoms with van der Waals surface area (Å²) >= 11 is 0. The fourth-order valence-corrected chi connectivity index (χ4v) is 2.68. The van der Waals surface area contributed by atoms with Gasteiger partial charge in [0.05, 0.1) is 4.92 Å². The molecule has 1 N–H and O–H groups in total. The first-order valence-electron chi connectivity index (χ1n) is 8.11. The van der Waals surface area contributed by atoms with Gasteiger partial charge >= 0.3 is 5.69 Å². The third kappa shape index (κ3) is 3.61. The molecule has 0 amide bonds. The van der Waals surface area contributed by atoms with Crippen LogP contribution < -0.4 is 10.2 Å². The van der Waals surface area contributed by atoms with Crippen LogP contribution in [0.15, 0.2) is 54.6 Å². The predicted octanol–water partition coefficient (Wildman–Crippen LogP) is 4.51. The molecule has 0 radical (unpaired) electrons. The molecule has 26 heavy (non-hydrogen) atoms. The number of aryl methyl sites for hydroxylation is 2. The highest BCUT2D eigenvalue weighted by Crippen LogP contribution is 2.33. The first-order valence-corrected chi connectivity index (χ1v) is 8.11. The van der Waals surface area contributed by atoms with Gasteiger partial charge in [0, 0.05) is 18.4 Å². The number of benzene rings is 2. The van der Waals surface area contributed by atoms with Gasteiger partial charge < -0.3 is 10.2 Å². The van der Waals surface area contributed by atoms with E-state index in [4.69, 9.17) is 0 Å². The summed E-state index contributed by atoms with van der Waals surface area (Å²) in [6.07, 6.45) is 0. The molecule has 3 rings (SSSR count).